The number of phenols is 1. The van der Waals surface area contributed by atoms with Gasteiger partial charge in [-0.3, -0.25) is 0 Å². The van der Waals surface area contributed by atoms with Crippen LogP contribution >= 0.6 is 0 Å². The van der Waals surface area contributed by atoms with Crippen LogP contribution in [0.3, 0.4) is 0 Å². The van der Waals surface area contributed by atoms with Crippen LogP contribution in [0.25, 0.3) is 0 Å². The van der Waals surface area contributed by atoms with Gasteiger partial charge < -0.3 is 14.7 Å². The van der Waals surface area contributed by atoms with E-state index >= 15 is 0 Å². The zero-order valence-electron chi connectivity index (χ0n) is 11.5. The van der Waals surface area contributed by atoms with E-state index in [9.17, 15) is 14.9 Å². The fraction of sp³-hybridized carbons (Fsp3) is 0.133. The Morgan fingerprint density at radius 2 is 1.91 bits per heavy atom. The molecule has 0 spiro atoms. The van der Waals surface area contributed by atoms with Crippen LogP contribution in [0, 0.1) is 10.1 Å². The van der Waals surface area contributed by atoms with Gasteiger partial charge in [-0.2, -0.15) is 0 Å². The molecule has 0 aromatic heterocycles. The quantitative estimate of drug-likeness (QED) is 0.380. The molecular weight excluding hydrogens is 290 g/mol. The summed E-state index contributed by atoms with van der Waals surface area (Å²) in [6.45, 7) is -0.0799. The Kier molecular flexibility index (Phi) is 4.92. The van der Waals surface area contributed by atoms with Crippen molar-refractivity contribution in [1.82, 2.24) is 0 Å². The number of phenolic OH excluding ortho intramolecular Hbond substituents is 1. The lowest BCUT2D eigenvalue weighted by molar-refractivity contribution is -0.757. The standard InChI is InChI=1S/C15H13NO6/c17-13-4-6-14(7-5-13)22-15(18)12-3-1-2-11(10-12)8-9-21-16(19)20/h1-7,10,17H,8-9H2. The molecular formula is C15H13NO6. The first kappa shape index (κ1) is 15.3. The lowest BCUT2D eigenvalue weighted by Gasteiger charge is -2.06. The van der Waals surface area contributed by atoms with Crippen molar-refractivity contribution in [1.29, 1.82) is 0 Å². The minimum absolute atomic E-state index is 0.0765. The highest BCUT2D eigenvalue weighted by molar-refractivity contribution is 5.91. The van der Waals surface area contributed by atoms with Crippen molar-refractivity contribution in [3.8, 4) is 11.5 Å². The van der Waals surface area contributed by atoms with Crippen LogP contribution in [-0.2, 0) is 11.3 Å². The second-order valence-electron chi connectivity index (χ2n) is 4.39. The van der Waals surface area contributed by atoms with Crippen molar-refractivity contribution in [3.05, 3.63) is 69.8 Å². The van der Waals surface area contributed by atoms with Crippen LogP contribution in [-0.4, -0.2) is 22.8 Å². The van der Waals surface area contributed by atoms with Crippen LogP contribution in [0.4, 0.5) is 0 Å². The Balaban J connectivity index is 2.00. The second kappa shape index (κ2) is 7.07. The monoisotopic (exact) mass is 303 g/mol. The van der Waals surface area contributed by atoms with E-state index in [1.807, 2.05) is 0 Å². The Morgan fingerprint density at radius 3 is 2.59 bits per heavy atom. The molecule has 0 saturated carbocycles. The summed E-state index contributed by atoms with van der Waals surface area (Å²) in [6, 6.07) is 12.3. The Hall–Kier alpha value is -3.09. The number of aromatic hydroxyl groups is 1. The number of carbonyl (C=O) groups is 1. The van der Waals surface area contributed by atoms with Gasteiger partial charge in [-0.25, -0.2) is 4.79 Å². The molecule has 0 atom stereocenters. The van der Waals surface area contributed by atoms with E-state index in [1.165, 1.54) is 24.3 Å². The smallest absolute Gasteiger partial charge is 0.343 e. The Morgan fingerprint density at radius 1 is 1.18 bits per heavy atom. The van der Waals surface area contributed by atoms with Crippen molar-refractivity contribution in [2.24, 2.45) is 0 Å². The summed E-state index contributed by atoms with van der Waals surface area (Å²) in [5.74, 6) is -0.166. The minimum atomic E-state index is -0.858. The van der Waals surface area contributed by atoms with Crippen LogP contribution in [0.5, 0.6) is 11.5 Å². The normalized spacial score (nSPS) is 10.0. The largest absolute Gasteiger partial charge is 0.508 e. The van der Waals surface area contributed by atoms with Crippen molar-refractivity contribution >= 4 is 5.97 Å². The molecule has 1 N–H and O–H groups in total. The first-order chi connectivity index (χ1) is 10.5. The highest BCUT2D eigenvalue weighted by Gasteiger charge is 2.09. The average molecular weight is 303 g/mol. The lowest BCUT2D eigenvalue weighted by atomic mass is 10.1. The molecule has 0 heterocycles. The van der Waals surface area contributed by atoms with E-state index in [0.717, 1.165) is 5.56 Å². The maximum absolute atomic E-state index is 12.0. The molecule has 7 nitrogen and oxygen atoms in total. The fourth-order valence-electron chi connectivity index (χ4n) is 1.77. The molecule has 7 heteroatoms. The van der Waals surface area contributed by atoms with E-state index in [2.05, 4.69) is 4.84 Å². The number of hydrogen-bond acceptors (Lipinski definition) is 6. The highest BCUT2D eigenvalue weighted by atomic mass is 16.9. The maximum Gasteiger partial charge on any atom is 0.343 e. The van der Waals surface area contributed by atoms with Gasteiger partial charge in [-0.05, 0) is 48.4 Å². The van der Waals surface area contributed by atoms with Gasteiger partial charge in [0, 0.05) is 0 Å². The summed E-state index contributed by atoms with van der Waals surface area (Å²) >= 11 is 0. The molecule has 2 rings (SSSR count). The zero-order chi connectivity index (χ0) is 15.9. The molecule has 0 fully saturated rings. The number of hydrogen-bond donors (Lipinski definition) is 1. The maximum atomic E-state index is 12.0. The van der Waals surface area contributed by atoms with Crippen LogP contribution in [0.2, 0.25) is 0 Å². The van der Waals surface area contributed by atoms with Gasteiger partial charge in [-0.1, -0.05) is 12.1 Å². The third kappa shape index (κ3) is 4.48. The van der Waals surface area contributed by atoms with E-state index < -0.39 is 11.1 Å². The van der Waals surface area contributed by atoms with E-state index in [1.54, 1.807) is 24.3 Å². The third-order valence-corrected chi connectivity index (χ3v) is 2.80. The molecule has 0 aliphatic carbocycles. The molecule has 2 aromatic rings. The third-order valence-electron chi connectivity index (χ3n) is 2.80. The number of rotatable bonds is 6. The van der Waals surface area contributed by atoms with Gasteiger partial charge in [0.1, 0.15) is 18.1 Å². The Labute approximate surface area is 125 Å². The van der Waals surface area contributed by atoms with E-state index in [-0.39, 0.29) is 12.4 Å². The SMILES string of the molecule is O=C(Oc1ccc(O)cc1)c1cccc(CCO[N+](=O)[O-])c1. The number of nitrogens with zero attached hydrogens (tertiary/aromatic N) is 1. The first-order valence-corrected chi connectivity index (χ1v) is 6.42. The van der Waals surface area contributed by atoms with Crippen molar-refractivity contribution in [2.45, 2.75) is 6.42 Å². The van der Waals surface area contributed by atoms with E-state index in [4.69, 9.17) is 9.84 Å². The molecule has 22 heavy (non-hydrogen) atoms. The average Bonchev–Trinajstić information content (AvgIpc) is 2.49. The lowest BCUT2D eigenvalue weighted by Crippen LogP contribution is -2.09. The molecule has 0 unspecified atom stereocenters. The van der Waals surface area contributed by atoms with Gasteiger partial charge in [0.05, 0.1) is 5.56 Å². The van der Waals surface area contributed by atoms with Crippen LogP contribution in [0.1, 0.15) is 15.9 Å². The topological polar surface area (TPSA) is 98.9 Å². The van der Waals surface area contributed by atoms with Crippen molar-refractivity contribution < 1.29 is 24.6 Å². The van der Waals surface area contributed by atoms with Gasteiger partial charge in [0.2, 0.25) is 0 Å². The molecule has 114 valence electrons. The summed E-state index contributed by atoms with van der Waals surface area (Å²) in [6.07, 6.45) is 0.307. The summed E-state index contributed by atoms with van der Waals surface area (Å²) < 4.78 is 5.16. The summed E-state index contributed by atoms with van der Waals surface area (Å²) in [4.78, 5) is 26.3. The van der Waals surface area contributed by atoms with Gasteiger partial charge >= 0.3 is 5.97 Å². The number of ether oxygens (including phenoxy) is 1. The van der Waals surface area contributed by atoms with Gasteiger partial charge in [-0.15, -0.1) is 10.1 Å². The van der Waals surface area contributed by atoms with Crippen molar-refractivity contribution in [2.75, 3.05) is 6.61 Å². The number of carbonyl (C=O) groups excluding carboxylic acids is 1. The van der Waals surface area contributed by atoms with Crippen LogP contribution < -0.4 is 4.74 Å². The molecule has 0 bridgehead atoms. The molecule has 0 amide bonds. The summed E-state index contributed by atoms with van der Waals surface area (Å²) in [5, 5.41) is 18.4. The first-order valence-electron chi connectivity index (χ1n) is 6.42. The summed E-state index contributed by atoms with van der Waals surface area (Å²) in [7, 11) is 0. The van der Waals surface area contributed by atoms with E-state index in [0.29, 0.717) is 17.7 Å². The summed E-state index contributed by atoms with van der Waals surface area (Å²) in [5.41, 5.74) is 1.05. The predicted octanol–water partition coefficient (Wildman–Crippen LogP) is 2.36. The molecule has 0 aliphatic rings. The molecule has 2 aromatic carbocycles. The zero-order valence-corrected chi connectivity index (χ0v) is 11.5. The van der Waals surface area contributed by atoms with Gasteiger partial charge in [0.25, 0.3) is 5.09 Å². The second-order valence-corrected chi connectivity index (χ2v) is 4.39. The Bertz CT molecular complexity index is 668. The highest BCUT2D eigenvalue weighted by Crippen LogP contribution is 2.17. The van der Waals surface area contributed by atoms with Gasteiger partial charge in [0.15, 0.2) is 0 Å². The number of benzene rings is 2. The van der Waals surface area contributed by atoms with Crippen molar-refractivity contribution in [3.63, 3.8) is 0 Å². The number of esters is 1. The molecule has 0 radical (unpaired) electrons. The molecule has 0 saturated heterocycles. The predicted molar refractivity (Wildman–Crippen MR) is 76.2 cm³/mol. The fourth-order valence-corrected chi connectivity index (χ4v) is 1.77. The minimum Gasteiger partial charge on any atom is -0.508 e. The molecule has 0 aliphatic heterocycles. The van der Waals surface area contributed by atoms with Crippen LogP contribution in [0.15, 0.2) is 48.5 Å².